The maximum absolute atomic E-state index is 12.0. The van der Waals surface area contributed by atoms with Gasteiger partial charge in [-0.05, 0) is 105 Å². The predicted octanol–water partition coefficient (Wildman–Crippen LogP) is 7.25. The zero-order valence-electron chi connectivity index (χ0n) is 40.9. The van der Waals surface area contributed by atoms with Crippen LogP contribution in [0.3, 0.4) is 0 Å². The van der Waals surface area contributed by atoms with Crippen LogP contribution in [0, 0.1) is 0 Å². The molecular weight excluding hydrogens is 936 g/mol. The predicted molar refractivity (Wildman–Crippen MR) is 274 cm³/mol. The van der Waals surface area contributed by atoms with Gasteiger partial charge in [0, 0.05) is 83.7 Å². The number of carboxylic acids is 1. The van der Waals surface area contributed by atoms with Crippen molar-refractivity contribution in [3.8, 4) is 56.0 Å². The van der Waals surface area contributed by atoms with E-state index in [2.05, 4.69) is 34.5 Å². The Morgan fingerprint density at radius 1 is 0.575 bits per heavy atom. The monoisotopic (exact) mass is 988 g/mol. The van der Waals surface area contributed by atoms with Gasteiger partial charge in [-0.1, -0.05) is 60.7 Å². The molecule has 6 N–H and O–H groups in total. The average Bonchev–Trinajstić information content (AvgIpc) is 4.24. The van der Waals surface area contributed by atoms with Crippen LogP contribution >= 0.6 is 0 Å². The van der Waals surface area contributed by atoms with Crippen molar-refractivity contribution in [1.82, 2.24) is 19.6 Å². The van der Waals surface area contributed by atoms with E-state index < -0.39 is 5.97 Å². The Morgan fingerprint density at radius 2 is 1.04 bits per heavy atom. The summed E-state index contributed by atoms with van der Waals surface area (Å²) < 4.78 is 32.5. The number of nitrogens with zero attached hydrogens (tertiary/aromatic N) is 4. The molecule has 0 amide bonds. The molecule has 73 heavy (non-hydrogen) atoms. The van der Waals surface area contributed by atoms with Gasteiger partial charge in [-0.3, -0.25) is 19.0 Å². The summed E-state index contributed by atoms with van der Waals surface area (Å²) in [7, 11) is 5.11. The number of aryl methyl sites for hydroxylation is 2. The number of ether oxygens (including phenoxy) is 3. The van der Waals surface area contributed by atoms with E-state index in [1.165, 1.54) is 7.11 Å². The van der Waals surface area contributed by atoms with Crippen LogP contribution in [0.2, 0.25) is 0 Å². The van der Waals surface area contributed by atoms with Crippen molar-refractivity contribution in [3.05, 3.63) is 192 Å². The maximum Gasteiger partial charge on any atom is 1.00 e. The van der Waals surface area contributed by atoms with E-state index in [0.29, 0.717) is 36.8 Å². The second-order valence-electron chi connectivity index (χ2n) is 17.1. The fourth-order valence-corrected chi connectivity index (χ4v) is 8.50. The number of hydrogen-bond acceptors (Lipinski definition) is 12. The van der Waals surface area contributed by atoms with Gasteiger partial charge in [-0.25, -0.2) is 0 Å². The molecule has 0 aliphatic rings. The van der Waals surface area contributed by atoms with Gasteiger partial charge in [0.15, 0.2) is 0 Å². The number of rotatable bonds is 16. The topological polar surface area (TPSA) is 226 Å². The number of aromatic nitrogens is 4. The van der Waals surface area contributed by atoms with Gasteiger partial charge in [-0.2, -0.15) is 10.2 Å². The maximum atomic E-state index is 12.0. The fraction of sp³-hybridized carbons (Fsp3) is 0.158. The first-order valence-corrected chi connectivity index (χ1v) is 22.9. The first-order valence-electron chi connectivity index (χ1n) is 22.9. The number of methoxy groups -OCH3 is 1. The first-order chi connectivity index (χ1) is 34.5. The number of carbonyl (C=O) groups excluding carboxylic acids is 1. The smallest absolute Gasteiger partial charge is 0.870 e. The normalized spacial score (nSPS) is 10.8. The molecule has 10 aromatic rings. The Kier molecular flexibility index (Phi) is 17.5. The number of hydrogen-bond donors (Lipinski definition) is 3. The quantitative estimate of drug-likeness (QED) is 0.0642. The number of nitrogens with two attached hydrogens (primary N) is 2. The Morgan fingerprint density at radius 3 is 1.45 bits per heavy atom. The van der Waals surface area contributed by atoms with E-state index in [1.54, 1.807) is 40.3 Å². The van der Waals surface area contributed by atoms with Crippen LogP contribution in [0.1, 0.15) is 33.4 Å². The molecule has 0 aliphatic heterocycles. The molecule has 6 aromatic carbocycles. The number of carboxylic acid groups (broad SMARTS) is 1. The van der Waals surface area contributed by atoms with Gasteiger partial charge in [0.05, 0.1) is 44.9 Å². The van der Waals surface area contributed by atoms with E-state index >= 15 is 0 Å². The Balaban J connectivity index is 0.000000208. The fourth-order valence-electron chi connectivity index (χ4n) is 8.50. The summed E-state index contributed by atoms with van der Waals surface area (Å²) in [6, 6.07) is 39.6. The van der Waals surface area contributed by atoms with E-state index in [0.717, 1.165) is 94.3 Å². The molecule has 0 saturated carbocycles. The van der Waals surface area contributed by atoms with Gasteiger partial charge < -0.3 is 45.1 Å². The van der Waals surface area contributed by atoms with E-state index in [4.69, 9.17) is 34.5 Å². The van der Waals surface area contributed by atoms with E-state index in [-0.39, 0.29) is 60.5 Å². The van der Waals surface area contributed by atoms with Gasteiger partial charge in [0.2, 0.25) is 0 Å². The third-order valence-electron chi connectivity index (χ3n) is 12.1. The summed E-state index contributed by atoms with van der Waals surface area (Å²) in [5, 5.41) is 19.8. The minimum Gasteiger partial charge on any atom is -0.870 e. The van der Waals surface area contributed by atoms with Gasteiger partial charge in [0.1, 0.15) is 35.9 Å². The van der Waals surface area contributed by atoms with Crippen LogP contribution in [0.4, 0.5) is 0 Å². The third-order valence-corrected chi connectivity index (χ3v) is 12.1. The molecule has 0 radical (unpaired) electrons. The minimum absolute atomic E-state index is 0. The van der Waals surface area contributed by atoms with Crippen molar-refractivity contribution in [1.29, 1.82) is 0 Å². The molecule has 15 nitrogen and oxygen atoms in total. The molecular formula is C57H53N6NaO9. The van der Waals surface area contributed by atoms with Gasteiger partial charge in [0.25, 0.3) is 0 Å². The molecule has 4 heterocycles. The zero-order valence-corrected chi connectivity index (χ0v) is 42.9. The number of fused-ring (bicyclic) bond motifs is 2. The van der Waals surface area contributed by atoms with Crippen molar-refractivity contribution in [2.75, 3.05) is 7.11 Å². The Hall–Kier alpha value is -7.76. The number of esters is 1. The molecule has 0 saturated heterocycles. The zero-order chi connectivity index (χ0) is 49.4. The van der Waals surface area contributed by atoms with Crippen LogP contribution in [0.15, 0.2) is 167 Å². The molecule has 0 bridgehead atoms. The molecule has 10 rings (SSSR count). The Labute approximate surface area is 443 Å². The summed E-state index contributed by atoms with van der Waals surface area (Å²) in [4.78, 5) is 23.5. The second-order valence-corrected chi connectivity index (χ2v) is 17.1. The summed E-state index contributed by atoms with van der Waals surface area (Å²) in [6.45, 7) is 1.51. The molecule has 366 valence electrons. The van der Waals surface area contributed by atoms with Crippen molar-refractivity contribution >= 4 is 33.9 Å². The van der Waals surface area contributed by atoms with Crippen LogP contribution in [0.5, 0.6) is 11.5 Å². The van der Waals surface area contributed by atoms with Crippen molar-refractivity contribution < 1.29 is 72.8 Å². The molecule has 16 heteroatoms. The van der Waals surface area contributed by atoms with Crippen molar-refractivity contribution in [2.24, 2.45) is 25.6 Å². The first kappa shape index (κ1) is 53.0. The molecule has 0 unspecified atom stereocenters. The van der Waals surface area contributed by atoms with Crippen LogP contribution in [-0.2, 0) is 67.6 Å². The third kappa shape index (κ3) is 12.7. The largest absolute Gasteiger partial charge is 1.00 e. The number of aliphatic carboxylic acids is 1. The number of furan rings is 2. The summed E-state index contributed by atoms with van der Waals surface area (Å²) in [5.41, 5.74) is 26.5. The SMILES string of the molecule is COC(=O)Cc1ccc(-c2cnn(C)c2)cc1OCc1cc(-c2cccc(CN)c2)c2occc2c1.Cn1cc(-c2ccc(CC(=O)O)c(OCc3cc(-c4cccc(CN)c4)c4occc4c3)c2)cn1.[Na+].[OH-]. The van der Waals surface area contributed by atoms with Crippen LogP contribution in [0.25, 0.3) is 66.4 Å². The number of carbonyl (C=O) groups is 2. The second kappa shape index (κ2) is 24.1. The molecule has 4 aromatic heterocycles. The van der Waals surface area contributed by atoms with E-state index in [1.807, 2.05) is 117 Å². The van der Waals surface area contributed by atoms with E-state index in [9.17, 15) is 14.7 Å². The Bertz CT molecular complexity index is 3520. The molecule has 0 spiro atoms. The molecule has 0 fully saturated rings. The van der Waals surface area contributed by atoms with Crippen LogP contribution < -0.4 is 50.5 Å². The van der Waals surface area contributed by atoms with Crippen molar-refractivity contribution in [3.63, 3.8) is 0 Å². The number of benzene rings is 6. The van der Waals surface area contributed by atoms with Crippen LogP contribution in [-0.4, -0.2) is 49.2 Å². The molecule has 0 atom stereocenters. The van der Waals surface area contributed by atoms with Crippen molar-refractivity contribution in [2.45, 2.75) is 39.1 Å². The summed E-state index contributed by atoms with van der Waals surface area (Å²) >= 11 is 0. The summed E-state index contributed by atoms with van der Waals surface area (Å²) in [6.07, 6.45) is 10.8. The summed E-state index contributed by atoms with van der Waals surface area (Å²) in [5.74, 6) is -0.0739. The minimum atomic E-state index is -0.911. The molecule has 0 aliphatic carbocycles. The standard InChI is InChI=1S/C29H27N3O4.C28H25N3O4.Na.H2O/c1-32-17-25(16-31-32)21-6-7-23(14-28(33)34-2)27(13-21)36-18-20-11-24-8-9-35-29(24)26(12-20)22-5-3-4-19(10-22)15-30;1-31-16-24(15-30-31)20-5-6-22(13-27(32)33)26(12-20)35-17-19-10-23-7-8-34-28(23)25(11-19)21-4-2-3-18(9-21)14-29;;/h3-13,16-17H,14-15,18,30H2,1-2H3;2-12,15-16H,13-14,17,29H2,1H3,(H,32,33);;1H2/q;;+1;/p-1. The van der Waals surface area contributed by atoms with Gasteiger partial charge in [-0.15, -0.1) is 0 Å². The average molecular weight is 989 g/mol. The van der Waals surface area contributed by atoms with Gasteiger partial charge >= 0.3 is 41.5 Å².